The highest BCUT2D eigenvalue weighted by molar-refractivity contribution is 5.82. The van der Waals surface area contributed by atoms with Crippen molar-refractivity contribution in [3.63, 3.8) is 0 Å². The van der Waals surface area contributed by atoms with Gasteiger partial charge >= 0.3 is 0 Å². The molecule has 264 valence electrons. The maximum Gasteiger partial charge on any atom is 0.00922 e. The molecular formula is C50H64. The van der Waals surface area contributed by atoms with Crippen molar-refractivity contribution in [2.75, 3.05) is 0 Å². The van der Waals surface area contributed by atoms with Crippen molar-refractivity contribution in [1.82, 2.24) is 0 Å². The van der Waals surface area contributed by atoms with Gasteiger partial charge in [-0.15, -0.1) is 0 Å². The number of allylic oxidation sites excluding steroid dienone is 22. The van der Waals surface area contributed by atoms with Crippen LogP contribution in [0.1, 0.15) is 124 Å². The van der Waals surface area contributed by atoms with Gasteiger partial charge in [0.05, 0.1) is 0 Å². The summed E-state index contributed by atoms with van der Waals surface area (Å²) in [5.74, 6) is 3.76. The summed E-state index contributed by atoms with van der Waals surface area (Å²) in [7, 11) is 0. The van der Waals surface area contributed by atoms with Crippen LogP contribution in [-0.4, -0.2) is 0 Å². The first-order valence-electron chi connectivity index (χ1n) is 19.9. The lowest BCUT2D eigenvalue weighted by Crippen LogP contribution is -2.18. The van der Waals surface area contributed by atoms with E-state index in [1.54, 1.807) is 55.7 Å². The van der Waals surface area contributed by atoms with Gasteiger partial charge in [-0.3, -0.25) is 0 Å². The van der Waals surface area contributed by atoms with Crippen molar-refractivity contribution < 1.29 is 0 Å². The third-order valence-corrected chi connectivity index (χ3v) is 14.9. The molecule has 0 radical (unpaired) electrons. The van der Waals surface area contributed by atoms with Crippen molar-refractivity contribution >= 4 is 0 Å². The van der Waals surface area contributed by atoms with Crippen LogP contribution in [-0.2, 0) is 0 Å². The van der Waals surface area contributed by atoms with E-state index < -0.39 is 0 Å². The minimum atomic E-state index is 0.303. The fraction of sp³-hybridized carbons (Fsp3) is 0.520. The van der Waals surface area contributed by atoms with Gasteiger partial charge in [-0.25, -0.2) is 0 Å². The van der Waals surface area contributed by atoms with Gasteiger partial charge in [0, 0.05) is 29.6 Å². The highest BCUT2D eigenvalue weighted by atomic mass is 14.6. The third-order valence-electron chi connectivity index (χ3n) is 14.9. The standard InChI is InChI=1S/C50H64/c1-21(2)39-29(12)32(15)45-41(23(5)6)48-35(18)44(40(22(3)4)50(48)49(39)45)38-20-37(27(10)28(38)11)43-31(14)34(17)46-42(30(13)33(16)47(43)46)36-19-24(7)25(8)26(36)9/h21-23,30-31,35,39,41H,16-17,19-20H2,1-15,18H3. The van der Waals surface area contributed by atoms with Gasteiger partial charge in [0.1, 0.15) is 0 Å². The monoisotopic (exact) mass is 665 g/mol. The largest absolute Gasteiger partial charge is 0.0946 e. The predicted molar refractivity (Wildman–Crippen MR) is 216 cm³/mol. The number of hydrogen-bond donors (Lipinski definition) is 0. The molecule has 5 unspecified atom stereocenters. The molecule has 0 aromatic heterocycles. The van der Waals surface area contributed by atoms with Crippen molar-refractivity contribution in [1.29, 1.82) is 0 Å². The summed E-state index contributed by atoms with van der Waals surface area (Å²) in [6.45, 7) is 48.5. The average molecular weight is 665 g/mol. The van der Waals surface area contributed by atoms with Crippen LogP contribution in [0.5, 0.6) is 0 Å². The lowest BCUT2D eigenvalue weighted by molar-refractivity contribution is 0.482. The number of fused-ring (bicyclic) bond motifs is 2. The average Bonchev–Trinajstić information content (AvgIpc) is 3.85. The molecule has 0 heteroatoms. The molecule has 0 heterocycles. The maximum atomic E-state index is 4.83. The van der Waals surface area contributed by atoms with Gasteiger partial charge < -0.3 is 0 Å². The second-order valence-electron chi connectivity index (χ2n) is 18.3. The molecule has 7 aliphatic carbocycles. The smallest absolute Gasteiger partial charge is 0.00922 e. The minimum absolute atomic E-state index is 0.303. The zero-order valence-corrected chi connectivity index (χ0v) is 34.4. The first kappa shape index (κ1) is 35.3. The molecule has 0 saturated carbocycles. The van der Waals surface area contributed by atoms with Crippen molar-refractivity contribution in [2.45, 2.75) is 124 Å². The predicted octanol–water partition coefficient (Wildman–Crippen LogP) is 14.2. The molecule has 0 aliphatic heterocycles. The van der Waals surface area contributed by atoms with Crippen LogP contribution in [0, 0.1) is 47.3 Å². The Morgan fingerprint density at radius 2 is 0.940 bits per heavy atom. The van der Waals surface area contributed by atoms with E-state index in [-0.39, 0.29) is 0 Å². The Labute approximate surface area is 305 Å². The van der Waals surface area contributed by atoms with E-state index in [0.29, 0.717) is 47.3 Å². The summed E-state index contributed by atoms with van der Waals surface area (Å²) in [5, 5.41) is 0. The van der Waals surface area contributed by atoms with Gasteiger partial charge in [-0.05, 0) is 191 Å². The van der Waals surface area contributed by atoms with Gasteiger partial charge in [0.2, 0.25) is 0 Å². The molecule has 0 aromatic rings. The Kier molecular flexibility index (Phi) is 8.26. The summed E-state index contributed by atoms with van der Waals surface area (Å²) in [5.41, 5.74) is 34.0. The normalized spacial score (nSPS) is 30.3. The van der Waals surface area contributed by atoms with Crippen LogP contribution < -0.4 is 0 Å². The lowest BCUT2D eigenvalue weighted by Gasteiger charge is -2.28. The van der Waals surface area contributed by atoms with Crippen molar-refractivity contribution in [3.05, 3.63) is 136 Å². The van der Waals surface area contributed by atoms with E-state index in [1.165, 1.54) is 66.9 Å². The summed E-state index contributed by atoms with van der Waals surface area (Å²) >= 11 is 0. The molecule has 0 N–H and O–H groups in total. The van der Waals surface area contributed by atoms with E-state index in [2.05, 4.69) is 111 Å². The molecule has 0 bridgehead atoms. The molecule has 7 aliphatic rings. The second-order valence-corrected chi connectivity index (χ2v) is 18.3. The molecular weight excluding hydrogens is 601 g/mol. The van der Waals surface area contributed by atoms with Gasteiger partial charge in [-0.1, -0.05) is 86.6 Å². The first-order valence-corrected chi connectivity index (χ1v) is 19.9. The SMILES string of the molecule is C=C1C2=C(C3=C(C)C(C)=C(C4=C(C(C)C)C5=C(C4C)C(C(C)C)C4=C5C(C(C)C)C(C)=C4C)C3)C(C)C(=C)C2=C(C2=C(C)C(C)=C(C)C2)C1C. The molecule has 0 nitrogen and oxygen atoms in total. The topological polar surface area (TPSA) is 0 Å². The minimum Gasteiger partial charge on any atom is -0.0946 e. The van der Waals surface area contributed by atoms with Crippen LogP contribution >= 0.6 is 0 Å². The molecule has 0 saturated heterocycles. The molecule has 5 atom stereocenters. The second kappa shape index (κ2) is 11.7. The molecule has 0 fully saturated rings. The Balaban J connectivity index is 1.36. The fourth-order valence-corrected chi connectivity index (χ4v) is 11.9. The molecule has 0 spiro atoms. The van der Waals surface area contributed by atoms with E-state index in [4.69, 9.17) is 13.2 Å². The highest BCUT2D eigenvalue weighted by Gasteiger charge is 2.51. The zero-order chi connectivity index (χ0) is 36.7. The zero-order valence-electron chi connectivity index (χ0n) is 34.4. The number of hydrogen-bond acceptors (Lipinski definition) is 0. The molecule has 50 heavy (non-hydrogen) atoms. The molecule has 0 aromatic carbocycles. The van der Waals surface area contributed by atoms with E-state index in [0.717, 1.165) is 12.8 Å². The summed E-state index contributed by atoms with van der Waals surface area (Å²) in [6, 6.07) is 0. The van der Waals surface area contributed by atoms with Crippen molar-refractivity contribution in [2.24, 2.45) is 47.3 Å². The Morgan fingerprint density at radius 3 is 1.38 bits per heavy atom. The van der Waals surface area contributed by atoms with E-state index in [1.807, 2.05) is 0 Å². The fourth-order valence-electron chi connectivity index (χ4n) is 11.9. The van der Waals surface area contributed by atoms with E-state index >= 15 is 0 Å². The maximum absolute atomic E-state index is 4.83. The molecule has 0 amide bonds. The van der Waals surface area contributed by atoms with Crippen LogP contribution in [0.4, 0.5) is 0 Å². The highest BCUT2D eigenvalue weighted by Crippen LogP contribution is 2.65. The summed E-state index contributed by atoms with van der Waals surface area (Å²) < 4.78 is 0. The van der Waals surface area contributed by atoms with Crippen LogP contribution in [0.3, 0.4) is 0 Å². The van der Waals surface area contributed by atoms with Gasteiger partial charge in [0.25, 0.3) is 0 Å². The van der Waals surface area contributed by atoms with Crippen LogP contribution in [0.15, 0.2) is 136 Å². The van der Waals surface area contributed by atoms with Crippen LogP contribution in [0.25, 0.3) is 0 Å². The van der Waals surface area contributed by atoms with Crippen molar-refractivity contribution in [3.8, 4) is 0 Å². The van der Waals surface area contributed by atoms with Gasteiger partial charge in [-0.2, -0.15) is 0 Å². The molecule has 7 rings (SSSR count). The van der Waals surface area contributed by atoms with Crippen LogP contribution in [0.2, 0.25) is 0 Å². The Bertz CT molecular complexity index is 2040. The van der Waals surface area contributed by atoms with E-state index in [9.17, 15) is 0 Å². The quantitative estimate of drug-likeness (QED) is 0.265. The Morgan fingerprint density at radius 1 is 0.480 bits per heavy atom. The Hall–Kier alpha value is -3.12. The summed E-state index contributed by atoms with van der Waals surface area (Å²) in [6.07, 6.45) is 2.09. The summed E-state index contributed by atoms with van der Waals surface area (Å²) in [4.78, 5) is 0. The first-order chi connectivity index (χ1) is 23.4. The number of rotatable bonds is 6. The lowest BCUT2D eigenvalue weighted by atomic mass is 9.75. The van der Waals surface area contributed by atoms with Gasteiger partial charge in [0.15, 0.2) is 0 Å². The third kappa shape index (κ3) is 4.35.